The standard InChI is InChI=1S/C21H14N2O2/c22-14-16-10-4-7-13-19(16)23-21(25)18-12-6-5-11-17(18)20(24)15-8-2-1-3-9-15/h1-13H,(H,23,25). The number of amides is 1. The van der Waals surface area contributed by atoms with Crippen molar-refractivity contribution in [3.05, 3.63) is 101 Å². The fraction of sp³-hybridized carbons (Fsp3) is 0. The number of anilines is 1. The van der Waals surface area contributed by atoms with Gasteiger partial charge in [-0.3, -0.25) is 9.59 Å². The van der Waals surface area contributed by atoms with Crippen LogP contribution in [0.3, 0.4) is 0 Å². The monoisotopic (exact) mass is 326 g/mol. The van der Waals surface area contributed by atoms with E-state index in [1.807, 2.05) is 12.1 Å². The number of nitriles is 1. The molecule has 3 aromatic carbocycles. The van der Waals surface area contributed by atoms with Crippen molar-refractivity contribution in [1.82, 2.24) is 0 Å². The van der Waals surface area contributed by atoms with Crippen LogP contribution in [0.25, 0.3) is 0 Å². The summed E-state index contributed by atoms with van der Waals surface area (Å²) in [6, 6.07) is 24.2. The smallest absolute Gasteiger partial charge is 0.256 e. The molecule has 120 valence electrons. The molecule has 0 fully saturated rings. The van der Waals surface area contributed by atoms with Crippen molar-refractivity contribution in [2.24, 2.45) is 0 Å². The van der Waals surface area contributed by atoms with Crippen molar-refractivity contribution in [2.45, 2.75) is 0 Å². The van der Waals surface area contributed by atoms with Crippen molar-refractivity contribution in [3.63, 3.8) is 0 Å². The Morgan fingerprint density at radius 3 is 2.08 bits per heavy atom. The molecule has 0 heterocycles. The Balaban J connectivity index is 1.95. The number of nitrogens with zero attached hydrogens (tertiary/aromatic N) is 1. The van der Waals surface area contributed by atoms with Gasteiger partial charge in [0.15, 0.2) is 5.78 Å². The van der Waals surface area contributed by atoms with Crippen LogP contribution in [0.15, 0.2) is 78.9 Å². The van der Waals surface area contributed by atoms with E-state index < -0.39 is 5.91 Å². The predicted octanol–water partition coefficient (Wildman–Crippen LogP) is 4.04. The molecule has 0 radical (unpaired) electrons. The summed E-state index contributed by atoms with van der Waals surface area (Å²) in [5, 5.41) is 11.8. The molecule has 4 heteroatoms. The highest BCUT2D eigenvalue weighted by Gasteiger charge is 2.18. The van der Waals surface area contributed by atoms with E-state index in [0.717, 1.165) is 0 Å². The first-order valence-corrected chi connectivity index (χ1v) is 7.70. The quantitative estimate of drug-likeness (QED) is 0.736. The van der Waals surface area contributed by atoms with E-state index in [9.17, 15) is 9.59 Å². The topological polar surface area (TPSA) is 70.0 Å². The predicted molar refractivity (Wildman–Crippen MR) is 95.4 cm³/mol. The van der Waals surface area contributed by atoms with Crippen molar-refractivity contribution in [2.75, 3.05) is 5.32 Å². The molecular weight excluding hydrogens is 312 g/mol. The van der Waals surface area contributed by atoms with Crippen LogP contribution in [0.5, 0.6) is 0 Å². The van der Waals surface area contributed by atoms with E-state index in [0.29, 0.717) is 22.4 Å². The lowest BCUT2D eigenvalue weighted by atomic mass is 9.98. The molecule has 3 aromatic rings. The summed E-state index contributed by atoms with van der Waals surface area (Å²) in [6.07, 6.45) is 0. The SMILES string of the molecule is N#Cc1ccccc1NC(=O)c1ccccc1C(=O)c1ccccc1. The highest BCUT2D eigenvalue weighted by Crippen LogP contribution is 2.19. The first kappa shape index (κ1) is 16.2. The van der Waals surface area contributed by atoms with Gasteiger partial charge in [-0.05, 0) is 18.2 Å². The minimum atomic E-state index is -0.428. The Morgan fingerprint density at radius 2 is 1.36 bits per heavy atom. The second-order valence-electron chi connectivity index (χ2n) is 5.35. The summed E-state index contributed by atoms with van der Waals surface area (Å²) >= 11 is 0. The zero-order valence-corrected chi connectivity index (χ0v) is 13.3. The minimum Gasteiger partial charge on any atom is -0.321 e. The molecule has 0 aliphatic heterocycles. The number of rotatable bonds is 4. The zero-order chi connectivity index (χ0) is 17.6. The molecule has 25 heavy (non-hydrogen) atoms. The third-order valence-electron chi connectivity index (χ3n) is 3.75. The first-order valence-electron chi connectivity index (χ1n) is 7.70. The van der Waals surface area contributed by atoms with Gasteiger partial charge in [-0.1, -0.05) is 60.7 Å². The number of carbonyl (C=O) groups excluding carboxylic acids is 2. The van der Waals surface area contributed by atoms with Crippen LogP contribution in [-0.2, 0) is 0 Å². The van der Waals surface area contributed by atoms with Crippen LogP contribution >= 0.6 is 0 Å². The van der Waals surface area contributed by atoms with Crippen LogP contribution in [0, 0.1) is 11.3 Å². The van der Waals surface area contributed by atoms with Gasteiger partial charge in [0.2, 0.25) is 0 Å². The van der Waals surface area contributed by atoms with Crippen LogP contribution in [0.2, 0.25) is 0 Å². The number of hydrogen-bond acceptors (Lipinski definition) is 3. The van der Waals surface area contributed by atoms with E-state index in [2.05, 4.69) is 5.32 Å². The van der Waals surface area contributed by atoms with Gasteiger partial charge in [0.05, 0.1) is 16.8 Å². The second-order valence-corrected chi connectivity index (χ2v) is 5.35. The van der Waals surface area contributed by atoms with Crippen molar-refractivity contribution in [3.8, 4) is 6.07 Å². The number of benzene rings is 3. The molecule has 0 saturated heterocycles. The Morgan fingerprint density at radius 1 is 0.760 bits per heavy atom. The van der Waals surface area contributed by atoms with Gasteiger partial charge in [-0.15, -0.1) is 0 Å². The maximum atomic E-state index is 12.7. The maximum Gasteiger partial charge on any atom is 0.256 e. The molecule has 0 spiro atoms. The fourth-order valence-electron chi connectivity index (χ4n) is 2.50. The highest BCUT2D eigenvalue weighted by molar-refractivity contribution is 6.17. The zero-order valence-electron chi connectivity index (χ0n) is 13.3. The van der Waals surface area contributed by atoms with E-state index in [-0.39, 0.29) is 11.3 Å². The maximum absolute atomic E-state index is 12.7. The summed E-state index contributed by atoms with van der Waals surface area (Å²) in [6.45, 7) is 0. The molecule has 0 aliphatic carbocycles. The molecule has 0 bridgehead atoms. The normalized spacial score (nSPS) is 9.88. The Bertz CT molecular complexity index is 972. The Kier molecular flexibility index (Phi) is 4.68. The Labute approximate surface area is 145 Å². The molecule has 1 amide bonds. The van der Waals surface area contributed by atoms with E-state index in [1.54, 1.807) is 72.8 Å². The van der Waals surface area contributed by atoms with Gasteiger partial charge in [-0.25, -0.2) is 0 Å². The van der Waals surface area contributed by atoms with Crippen LogP contribution in [-0.4, -0.2) is 11.7 Å². The third kappa shape index (κ3) is 3.46. The van der Waals surface area contributed by atoms with Gasteiger partial charge in [0.1, 0.15) is 6.07 Å². The average Bonchev–Trinajstić information content (AvgIpc) is 2.68. The summed E-state index contributed by atoms with van der Waals surface area (Å²) in [5.74, 6) is -0.650. The summed E-state index contributed by atoms with van der Waals surface area (Å²) in [5.41, 5.74) is 1.88. The summed E-state index contributed by atoms with van der Waals surface area (Å²) in [7, 11) is 0. The summed E-state index contributed by atoms with van der Waals surface area (Å²) in [4.78, 5) is 25.4. The molecule has 0 atom stereocenters. The van der Waals surface area contributed by atoms with Crippen molar-refractivity contribution in [1.29, 1.82) is 5.26 Å². The number of hydrogen-bond donors (Lipinski definition) is 1. The fourth-order valence-corrected chi connectivity index (χ4v) is 2.50. The lowest BCUT2D eigenvalue weighted by molar-refractivity contribution is 0.0996. The lowest BCUT2D eigenvalue weighted by Crippen LogP contribution is -2.17. The molecule has 4 nitrogen and oxygen atoms in total. The molecular formula is C21H14N2O2. The van der Waals surface area contributed by atoms with Gasteiger partial charge >= 0.3 is 0 Å². The molecule has 0 unspecified atom stereocenters. The number of carbonyl (C=O) groups is 2. The van der Waals surface area contributed by atoms with Gasteiger partial charge in [-0.2, -0.15) is 5.26 Å². The average molecular weight is 326 g/mol. The van der Waals surface area contributed by atoms with Gasteiger partial charge in [0.25, 0.3) is 5.91 Å². The van der Waals surface area contributed by atoms with Crippen LogP contribution < -0.4 is 5.32 Å². The van der Waals surface area contributed by atoms with Gasteiger partial charge in [0, 0.05) is 11.1 Å². The largest absolute Gasteiger partial charge is 0.321 e. The second kappa shape index (κ2) is 7.24. The third-order valence-corrected chi connectivity index (χ3v) is 3.75. The van der Waals surface area contributed by atoms with Crippen molar-refractivity contribution < 1.29 is 9.59 Å². The number of nitrogens with one attached hydrogen (secondary N) is 1. The minimum absolute atomic E-state index is 0.222. The van der Waals surface area contributed by atoms with E-state index in [1.165, 1.54) is 0 Å². The highest BCUT2D eigenvalue weighted by atomic mass is 16.2. The Hall–Kier alpha value is -3.71. The summed E-state index contributed by atoms with van der Waals surface area (Å²) < 4.78 is 0. The molecule has 0 saturated carbocycles. The van der Waals surface area contributed by atoms with E-state index >= 15 is 0 Å². The number of ketones is 1. The lowest BCUT2D eigenvalue weighted by Gasteiger charge is -2.10. The van der Waals surface area contributed by atoms with Gasteiger partial charge < -0.3 is 5.32 Å². The number of para-hydroxylation sites is 1. The molecule has 3 rings (SSSR count). The molecule has 0 aromatic heterocycles. The first-order chi connectivity index (χ1) is 12.2. The van der Waals surface area contributed by atoms with Crippen LogP contribution in [0.4, 0.5) is 5.69 Å². The van der Waals surface area contributed by atoms with Crippen LogP contribution in [0.1, 0.15) is 31.8 Å². The van der Waals surface area contributed by atoms with E-state index in [4.69, 9.17) is 5.26 Å². The van der Waals surface area contributed by atoms with Crippen molar-refractivity contribution >= 4 is 17.4 Å². The molecule has 0 aliphatic rings. The molecule has 1 N–H and O–H groups in total.